The molecule has 0 aliphatic carbocycles. The summed E-state index contributed by atoms with van der Waals surface area (Å²) in [5.74, 6) is -1.91. The fraction of sp³-hybridized carbons (Fsp3) is 0.700. The number of ether oxygens (including phenoxy) is 2. The van der Waals surface area contributed by atoms with Crippen molar-refractivity contribution in [2.75, 3.05) is 13.2 Å². The van der Waals surface area contributed by atoms with Crippen molar-refractivity contribution in [3.05, 3.63) is 0 Å². The summed E-state index contributed by atoms with van der Waals surface area (Å²) in [5, 5.41) is 10.6. The van der Waals surface area contributed by atoms with E-state index in [9.17, 15) is 14.4 Å². The van der Waals surface area contributed by atoms with E-state index in [0.717, 1.165) is 0 Å². The van der Waals surface area contributed by atoms with Crippen LogP contribution < -0.4 is 5.32 Å². The number of carboxylic acid groups (broad SMARTS) is 1. The summed E-state index contributed by atoms with van der Waals surface area (Å²) in [7, 11) is 0. The molecule has 0 fully saturated rings. The fourth-order valence-electron chi connectivity index (χ4n) is 0.795. The SMILES string of the molecule is CC(C)(C)OC(=O)NCCC(=O)OCC(=O)O. The van der Waals surface area contributed by atoms with Crippen molar-refractivity contribution in [1.82, 2.24) is 5.32 Å². The van der Waals surface area contributed by atoms with Gasteiger partial charge in [-0.2, -0.15) is 0 Å². The smallest absolute Gasteiger partial charge is 0.407 e. The summed E-state index contributed by atoms with van der Waals surface area (Å²) in [6.07, 6.45) is -0.740. The second kappa shape index (κ2) is 6.72. The predicted molar refractivity (Wildman–Crippen MR) is 57.4 cm³/mol. The topological polar surface area (TPSA) is 102 Å². The number of esters is 1. The Morgan fingerprint density at radius 3 is 2.29 bits per heavy atom. The maximum Gasteiger partial charge on any atom is 0.407 e. The number of hydrogen-bond donors (Lipinski definition) is 2. The maximum absolute atomic E-state index is 11.1. The number of rotatable bonds is 5. The molecule has 17 heavy (non-hydrogen) atoms. The molecule has 0 rings (SSSR count). The Balaban J connectivity index is 3.66. The number of carboxylic acids is 1. The van der Waals surface area contributed by atoms with Crippen LogP contribution >= 0.6 is 0 Å². The van der Waals surface area contributed by atoms with Crippen LogP contribution in [0.3, 0.4) is 0 Å². The fourth-order valence-corrected chi connectivity index (χ4v) is 0.795. The van der Waals surface area contributed by atoms with E-state index in [1.165, 1.54) is 0 Å². The first kappa shape index (κ1) is 15.2. The number of nitrogens with one attached hydrogen (secondary N) is 1. The predicted octanol–water partition coefficient (Wildman–Crippen LogP) is 0.529. The summed E-state index contributed by atoms with van der Waals surface area (Å²) in [5.41, 5.74) is -0.603. The highest BCUT2D eigenvalue weighted by molar-refractivity contribution is 5.75. The van der Waals surface area contributed by atoms with Gasteiger partial charge in [-0.3, -0.25) is 4.79 Å². The van der Waals surface area contributed by atoms with E-state index in [1.807, 2.05) is 0 Å². The number of amides is 1. The second-order valence-corrected chi connectivity index (χ2v) is 4.23. The summed E-state index contributed by atoms with van der Waals surface area (Å²) in [6, 6.07) is 0. The third-order valence-electron chi connectivity index (χ3n) is 1.35. The average molecular weight is 247 g/mol. The average Bonchev–Trinajstić information content (AvgIpc) is 2.11. The van der Waals surface area contributed by atoms with Crippen molar-refractivity contribution in [1.29, 1.82) is 0 Å². The van der Waals surface area contributed by atoms with Crippen molar-refractivity contribution in [3.63, 3.8) is 0 Å². The van der Waals surface area contributed by atoms with Crippen LogP contribution in [0, 0.1) is 0 Å². The van der Waals surface area contributed by atoms with Crippen molar-refractivity contribution in [2.45, 2.75) is 32.8 Å². The zero-order valence-corrected chi connectivity index (χ0v) is 10.1. The van der Waals surface area contributed by atoms with Crippen LogP contribution in [0.2, 0.25) is 0 Å². The van der Waals surface area contributed by atoms with Gasteiger partial charge in [-0.15, -0.1) is 0 Å². The van der Waals surface area contributed by atoms with E-state index in [4.69, 9.17) is 9.84 Å². The largest absolute Gasteiger partial charge is 0.479 e. The highest BCUT2D eigenvalue weighted by Crippen LogP contribution is 2.06. The Kier molecular flexibility index (Phi) is 6.01. The molecule has 0 radical (unpaired) electrons. The zero-order chi connectivity index (χ0) is 13.5. The van der Waals surface area contributed by atoms with E-state index in [-0.39, 0.29) is 13.0 Å². The summed E-state index contributed by atoms with van der Waals surface area (Å²) in [6.45, 7) is 4.51. The van der Waals surface area contributed by atoms with Gasteiger partial charge in [-0.05, 0) is 20.8 Å². The van der Waals surface area contributed by atoms with Crippen LogP contribution in [-0.2, 0) is 19.1 Å². The molecule has 1 amide bonds. The van der Waals surface area contributed by atoms with Crippen LogP contribution in [0.4, 0.5) is 4.79 Å². The Morgan fingerprint density at radius 2 is 1.82 bits per heavy atom. The first-order valence-electron chi connectivity index (χ1n) is 5.05. The van der Waals surface area contributed by atoms with Crippen molar-refractivity contribution >= 4 is 18.0 Å². The molecule has 7 heteroatoms. The van der Waals surface area contributed by atoms with E-state index in [2.05, 4.69) is 10.1 Å². The number of carbonyl (C=O) groups excluding carboxylic acids is 2. The van der Waals surface area contributed by atoms with E-state index >= 15 is 0 Å². The van der Waals surface area contributed by atoms with Crippen molar-refractivity contribution in [3.8, 4) is 0 Å². The van der Waals surface area contributed by atoms with Gasteiger partial charge in [0.1, 0.15) is 5.60 Å². The molecular weight excluding hydrogens is 230 g/mol. The molecule has 0 saturated heterocycles. The lowest BCUT2D eigenvalue weighted by molar-refractivity contribution is -0.155. The third kappa shape index (κ3) is 10.5. The zero-order valence-electron chi connectivity index (χ0n) is 10.1. The maximum atomic E-state index is 11.1. The van der Waals surface area contributed by atoms with Gasteiger partial charge in [-0.1, -0.05) is 0 Å². The minimum Gasteiger partial charge on any atom is -0.479 e. The van der Waals surface area contributed by atoms with Crippen LogP contribution in [0.1, 0.15) is 27.2 Å². The third-order valence-corrected chi connectivity index (χ3v) is 1.35. The molecule has 0 bridgehead atoms. The van der Waals surface area contributed by atoms with Gasteiger partial charge >= 0.3 is 18.0 Å². The Morgan fingerprint density at radius 1 is 1.24 bits per heavy atom. The Bertz CT molecular complexity index is 294. The summed E-state index contributed by atoms with van der Waals surface area (Å²) >= 11 is 0. The highest BCUT2D eigenvalue weighted by atomic mass is 16.6. The van der Waals surface area contributed by atoms with Gasteiger partial charge in [0.15, 0.2) is 6.61 Å². The molecule has 0 atom stereocenters. The van der Waals surface area contributed by atoms with Gasteiger partial charge < -0.3 is 19.9 Å². The number of hydrogen-bond acceptors (Lipinski definition) is 5. The molecule has 2 N–H and O–H groups in total. The lowest BCUT2D eigenvalue weighted by Crippen LogP contribution is -2.33. The van der Waals surface area contributed by atoms with E-state index in [1.54, 1.807) is 20.8 Å². The number of carbonyl (C=O) groups is 3. The number of alkyl carbamates (subject to hydrolysis) is 1. The van der Waals surface area contributed by atoms with E-state index < -0.39 is 30.2 Å². The summed E-state index contributed by atoms with van der Waals surface area (Å²) in [4.78, 5) is 32.1. The molecule has 0 aromatic rings. The van der Waals surface area contributed by atoms with Crippen LogP contribution in [0.5, 0.6) is 0 Å². The molecule has 0 aliphatic heterocycles. The molecule has 0 spiro atoms. The second-order valence-electron chi connectivity index (χ2n) is 4.23. The first-order valence-corrected chi connectivity index (χ1v) is 5.05. The lowest BCUT2D eigenvalue weighted by atomic mass is 10.2. The van der Waals surface area contributed by atoms with Gasteiger partial charge in [-0.25, -0.2) is 9.59 Å². The van der Waals surface area contributed by atoms with Crippen LogP contribution in [0.15, 0.2) is 0 Å². The van der Waals surface area contributed by atoms with Gasteiger partial charge in [0.25, 0.3) is 0 Å². The van der Waals surface area contributed by atoms with E-state index in [0.29, 0.717) is 0 Å². The van der Waals surface area contributed by atoms with Gasteiger partial charge in [0.05, 0.1) is 6.42 Å². The Hall–Kier alpha value is -1.79. The molecule has 0 aliphatic rings. The summed E-state index contributed by atoms with van der Waals surface area (Å²) < 4.78 is 9.28. The molecule has 0 aromatic carbocycles. The molecule has 0 saturated carbocycles. The standard InChI is InChI=1S/C10H17NO6/c1-10(2,3)17-9(15)11-5-4-8(14)16-6-7(12)13/h4-6H2,1-3H3,(H,11,15)(H,12,13). The first-order chi connectivity index (χ1) is 7.70. The molecular formula is C10H17NO6. The van der Waals surface area contributed by atoms with Gasteiger partial charge in [0.2, 0.25) is 0 Å². The molecule has 0 unspecified atom stereocenters. The van der Waals surface area contributed by atoms with Gasteiger partial charge in [0, 0.05) is 6.54 Å². The molecule has 0 aromatic heterocycles. The monoisotopic (exact) mass is 247 g/mol. The van der Waals surface area contributed by atoms with Crippen molar-refractivity contribution < 1.29 is 29.0 Å². The van der Waals surface area contributed by atoms with Crippen LogP contribution in [0.25, 0.3) is 0 Å². The molecule has 7 nitrogen and oxygen atoms in total. The van der Waals surface area contributed by atoms with Crippen LogP contribution in [-0.4, -0.2) is 41.9 Å². The number of aliphatic carboxylic acids is 1. The molecule has 98 valence electrons. The normalized spacial score (nSPS) is 10.5. The lowest BCUT2D eigenvalue weighted by Gasteiger charge is -2.19. The Labute approximate surface area is 99.1 Å². The highest BCUT2D eigenvalue weighted by Gasteiger charge is 2.16. The minimum absolute atomic E-state index is 0.0351. The molecule has 0 heterocycles. The quantitative estimate of drug-likeness (QED) is 0.687. The van der Waals surface area contributed by atoms with Crippen molar-refractivity contribution in [2.24, 2.45) is 0 Å². The minimum atomic E-state index is -1.22.